The molecule has 142 heavy (non-hydrogen) atoms. The van der Waals surface area contributed by atoms with Gasteiger partial charge in [-0.25, -0.2) is 39.9 Å². The number of carbonyl (C=O) groups is 8. The molecule has 2 aliphatic heterocycles. The first-order valence-corrected chi connectivity index (χ1v) is 49.5. The number of carbonyl (C=O) groups excluding carboxylic acids is 8. The van der Waals surface area contributed by atoms with Crippen molar-refractivity contribution in [3.63, 3.8) is 0 Å². The fraction of sp³-hybridized carbons (Fsp3) is 0.685. The molecule has 31 N–H and O–H groups in total. The van der Waals surface area contributed by atoms with Gasteiger partial charge in [-0.05, 0) is 112 Å². The van der Waals surface area contributed by atoms with Crippen molar-refractivity contribution in [2.24, 2.45) is 42.9 Å². The van der Waals surface area contributed by atoms with Crippen LogP contribution in [0.25, 0.3) is 0 Å². The molecule has 53 heteroatoms. The van der Waals surface area contributed by atoms with E-state index >= 15 is 0 Å². The molecule has 43 nitrogen and oxygen atoms in total. The van der Waals surface area contributed by atoms with Gasteiger partial charge in [0.25, 0.3) is 23.6 Å². The number of nitrogens with two attached hydrogens (primary N) is 12. The lowest BCUT2D eigenvalue weighted by Gasteiger charge is -2.27. The first kappa shape index (κ1) is 140. The van der Waals surface area contributed by atoms with Crippen molar-refractivity contribution in [1.82, 2.24) is 96.7 Å². The molecular formula is C89H163Cl10N35O8. The Morgan fingerprint density at radius 1 is 0.296 bits per heavy atom. The standard InChI is InChI=1S/C24H43ClN8O2.C22H38ClN9O2.C22H40ClN9O2.C21H36ClN9O2.6ClH/c1-33(2)17-13-11-15-18(34)14-10-8-6-4-3-5-7-9-12-16-29-24(28)32-23(35)19-21(26)31-22(27)20(25)30-19;23-18-20(25)30-19(24)17(29-18)21(34)31-22(26)28-11-9-7-5-3-1-2-4-6-8-10-16(33)32-14-12-27-13-15-32;1-32(2)15-11-14-27-16(33)12-9-7-5-3-4-6-8-10-13-28-22(26)31-21(34)17-19(24)30-20(25)18(23)29-17;22-17-19(24)29-18(23)16(28-17)20(33)30-21(25)27-10-8-6-4-2-1-3-5-7-9-15(32)31-13-11-26-12-14-31;;;;;;/h3-17H2,1-2H3,(H4,26,27,31)(H3,28,29,32,35);27H,1-15H2,(H4,24,25,30)(H3,26,28,31,34);3-15H2,1-2H3,(H,27,33)(H4,24,25,30)(H3,26,28,31,34);26H,1-14H2,(H4,23,24,29)(H3,25,27,30,33);6*1H. The molecule has 0 saturated carbocycles. The molecular weight excluding hydrogens is 2040 g/mol. The number of rotatable bonds is 59. The van der Waals surface area contributed by atoms with Gasteiger partial charge >= 0.3 is 0 Å². The number of piperazine rings is 2. The second-order valence-corrected chi connectivity index (χ2v) is 35.4. The van der Waals surface area contributed by atoms with E-state index in [9.17, 15) is 38.4 Å². The lowest BCUT2D eigenvalue weighted by atomic mass is 10.0. The second kappa shape index (κ2) is 85.5. The van der Waals surface area contributed by atoms with Crippen LogP contribution in [0.5, 0.6) is 0 Å². The third-order valence-electron chi connectivity index (χ3n) is 21.7. The number of nitrogens with one attached hydrogen (secondary N) is 7. The van der Waals surface area contributed by atoms with Crippen LogP contribution in [0, 0.1) is 0 Å². The molecule has 0 bridgehead atoms. The van der Waals surface area contributed by atoms with Crippen molar-refractivity contribution in [3.8, 4) is 0 Å². The van der Waals surface area contributed by atoms with Crippen molar-refractivity contribution in [3.05, 3.63) is 43.4 Å². The van der Waals surface area contributed by atoms with E-state index in [1.165, 1.54) is 64.2 Å². The minimum Gasteiger partial charge on any atom is -0.382 e. The highest BCUT2D eigenvalue weighted by atomic mass is 35.5. The number of guanidine groups is 4. The zero-order valence-corrected chi connectivity index (χ0v) is 91.0. The number of hydrogen-bond acceptors (Lipinski definition) is 32. The Morgan fingerprint density at radius 3 is 0.754 bits per heavy atom. The van der Waals surface area contributed by atoms with Crippen molar-refractivity contribution >= 4 is 238 Å². The van der Waals surface area contributed by atoms with E-state index in [0.717, 1.165) is 258 Å². The summed E-state index contributed by atoms with van der Waals surface area (Å²) in [5, 5.41) is 18.8. The molecule has 2 aliphatic rings. The number of Topliss-reactive ketones (excluding diaryl/α,β-unsaturated/α-hetero) is 1. The van der Waals surface area contributed by atoms with Crippen LogP contribution in [0.4, 0.5) is 46.5 Å². The molecule has 6 heterocycles. The molecule has 0 spiro atoms. The SMILES string of the molecule is CN(C)CCCCC(=O)CCCCCCCCCCCN=C(N)NC(=O)c1nc(Cl)c(N)nc1N.CN(C)CCCNC(=O)CCCCCCCCCCN=C(N)NC(=O)c1nc(Cl)c(N)nc1N.Cl.Cl.Cl.Cl.Cl.Cl.NC(=NCCCCCCCCCCC(=O)N1CCNCC1)NC(=O)c1nc(Cl)c(N)nc1N.NC(=NCCCCCCCCCCCC(=O)N1CCNCC1)NC(=O)c1nc(Cl)c(N)nc1N. The van der Waals surface area contributed by atoms with E-state index in [0.29, 0.717) is 63.0 Å². The molecule has 0 aromatic carbocycles. The smallest absolute Gasteiger partial charge is 0.280 e. The van der Waals surface area contributed by atoms with Crippen LogP contribution < -0.4 is 106 Å². The van der Waals surface area contributed by atoms with Gasteiger partial charge in [0.2, 0.25) is 17.7 Å². The van der Waals surface area contributed by atoms with E-state index < -0.39 is 23.6 Å². The number of unbranched alkanes of at least 4 members (excludes halogenated alkanes) is 31. The number of halogens is 10. The molecule has 7 amide bonds. The summed E-state index contributed by atoms with van der Waals surface area (Å²) in [4.78, 5) is 152. The van der Waals surface area contributed by atoms with Gasteiger partial charge in [0.05, 0.1) is 0 Å². The van der Waals surface area contributed by atoms with Crippen LogP contribution in [0.1, 0.15) is 312 Å². The Hall–Kier alpha value is -8.70. The van der Waals surface area contributed by atoms with Gasteiger partial charge in [-0.3, -0.25) is 79.6 Å². The van der Waals surface area contributed by atoms with E-state index in [1.807, 2.05) is 23.9 Å². The Morgan fingerprint density at radius 2 is 0.507 bits per heavy atom. The number of aromatic nitrogens is 8. The first-order valence-electron chi connectivity index (χ1n) is 48.0. The Balaban J connectivity index is -0.000000882. The number of nitrogen functional groups attached to an aromatic ring is 8. The van der Waals surface area contributed by atoms with Gasteiger partial charge in [0.1, 0.15) is 5.78 Å². The Kier molecular flexibility index (Phi) is 84.1. The van der Waals surface area contributed by atoms with E-state index in [2.05, 4.69) is 121 Å². The van der Waals surface area contributed by atoms with Crippen LogP contribution in [0.3, 0.4) is 0 Å². The highest BCUT2D eigenvalue weighted by Gasteiger charge is 2.23. The van der Waals surface area contributed by atoms with Crippen molar-refractivity contribution in [2.75, 3.05) is 172 Å². The van der Waals surface area contributed by atoms with Crippen LogP contribution in [-0.2, 0) is 19.2 Å². The number of ketones is 1. The fourth-order valence-corrected chi connectivity index (χ4v) is 14.5. The van der Waals surface area contributed by atoms with Gasteiger partial charge in [-0.15, -0.1) is 74.4 Å². The Labute approximate surface area is 895 Å². The second-order valence-electron chi connectivity index (χ2n) is 34.0. The van der Waals surface area contributed by atoms with Crippen molar-refractivity contribution < 1.29 is 38.4 Å². The summed E-state index contributed by atoms with van der Waals surface area (Å²) in [6.07, 6.45) is 43.7. The summed E-state index contributed by atoms with van der Waals surface area (Å²) in [6, 6.07) is 0. The van der Waals surface area contributed by atoms with Crippen LogP contribution in [-0.4, -0.2) is 257 Å². The van der Waals surface area contributed by atoms with E-state index in [1.54, 1.807) is 0 Å². The average Bonchev–Trinajstić information content (AvgIpc) is 0.848. The number of amides is 7. The largest absolute Gasteiger partial charge is 0.382 e. The summed E-state index contributed by atoms with van der Waals surface area (Å²) in [6.45, 7) is 11.9. The number of aliphatic imine (C=N–C) groups is 4. The van der Waals surface area contributed by atoms with Gasteiger partial charge in [0, 0.05) is 117 Å². The minimum atomic E-state index is -0.644. The number of hydrogen-bond donors (Lipinski definition) is 19. The maximum atomic E-state index is 12.2. The predicted octanol–water partition coefficient (Wildman–Crippen LogP) is 10.9. The van der Waals surface area contributed by atoms with E-state index in [-0.39, 0.29) is 194 Å². The van der Waals surface area contributed by atoms with Crippen molar-refractivity contribution in [2.45, 2.75) is 270 Å². The summed E-state index contributed by atoms with van der Waals surface area (Å²) in [5.41, 5.74) is 67.0. The lowest BCUT2D eigenvalue weighted by molar-refractivity contribution is -0.132. The highest BCUT2D eigenvalue weighted by Crippen LogP contribution is 2.23. The predicted molar refractivity (Wildman–Crippen MR) is 591 cm³/mol. The zero-order chi connectivity index (χ0) is 100. The van der Waals surface area contributed by atoms with Crippen LogP contribution in [0.2, 0.25) is 20.6 Å². The summed E-state index contributed by atoms with van der Waals surface area (Å²) in [5.74, 6) is -2.13. The molecule has 0 atom stereocenters. The lowest BCUT2D eigenvalue weighted by Crippen LogP contribution is -2.46. The van der Waals surface area contributed by atoms with Crippen LogP contribution >= 0.6 is 121 Å². The molecule has 2 saturated heterocycles. The topological polar surface area (TPSA) is 699 Å². The molecule has 6 rings (SSSR count). The third kappa shape index (κ3) is 66.3. The summed E-state index contributed by atoms with van der Waals surface area (Å²) in [7, 11) is 8.19. The van der Waals surface area contributed by atoms with E-state index in [4.69, 9.17) is 115 Å². The van der Waals surface area contributed by atoms with Gasteiger partial charge in [0.15, 0.2) is 114 Å². The minimum absolute atomic E-state index is 0. The first-order chi connectivity index (χ1) is 65.2. The van der Waals surface area contributed by atoms with Gasteiger partial charge in [-0.2, -0.15) is 0 Å². The molecule has 4 aromatic heterocycles. The molecule has 4 aromatic rings. The zero-order valence-electron chi connectivity index (χ0n) is 83.1. The summed E-state index contributed by atoms with van der Waals surface area (Å²) >= 11 is 23.1. The summed E-state index contributed by atoms with van der Waals surface area (Å²) < 4.78 is 0. The quantitative estimate of drug-likeness (QED) is 0.0111. The normalized spacial score (nSPS) is 12.4. The van der Waals surface area contributed by atoms with Gasteiger partial charge < -0.3 is 104 Å². The van der Waals surface area contributed by atoms with Gasteiger partial charge in [-0.1, -0.05) is 213 Å². The molecule has 0 radical (unpaired) electrons. The molecule has 0 unspecified atom stereocenters. The highest BCUT2D eigenvalue weighted by molar-refractivity contribution is 6.33. The number of anilines is 8. The average molecular weight is 2210 g/mol. The maximum absolute atomic E-state index is 12.2. The Bertz CT molecular complexity index is 4360. The molecule has 812 valence electrons. The molecule has 2 fully saturated rings. The number of nitrogens with zero attached hydrogens (tertiary/aromatic N) is 16. The van der Waals surface area contributed by atoms with Crippen LogP contribution in [0.15, 0.2) is 20.0 Å². The fourth-order valence-electron chi connectivity index (χ4n) is 14.0. The maximum Gasteiger partial charge on any atom is 0.280 e. The monoisotopic (exact) mass is 2200 g/mol. The molecule has 0 aliphatic carbocycles. The third-order valence-corrected chi connectivity index (χ3v) is 22.8. The van der Waals surface area contributed by atoms with Crippen molar-refractivity contribution in [1.29, 1.82) is 0 Å².